The third kappa shape index (κ3) is 6.92. The first-order valence-electron chi connectivity index (χ1n) is 6.30. The number of nitrogens with one attached hydrogen (secondary N) is 2. The molecule has 1 aliphatic rings. The summed E-state index contributed by atoms with van der Waals surface area (Å²) in [6.07, 6.45) is 2.07. The number of rotatable bonds is 4. The summed E-state index contributed by atoms with van der Waals surface area (Å²) < 4.78 is 26.6. The number of halogens is 1. The molecule has 0 aliphatic carbocycles. The van der Waals surface area contributed by atoms with Gasteiger partial charge in [-0.15, -0.1) is 12.4 Å². The summed E-state index contributed by atoms with van der Waals surface area (Å²) in [5, 5.41) is 3.30. The summed E-state index contributed by atoms with van der Waals surface area (Å²) in [6.45, 7) is 10.5. The Hall–Kier alpha value is 0.160. The van der Waals surface area contributed by atoms with Crippen molar-refractivity contribution in [1.29, 1.82) is 0 Å². The molecule has 2 N–H and O–H groups in total. The molecule has 1 aliphatic heterocycles. The van der Waals surface area contributed by atoms with E-state index in [4.69, 9.17) is 0 Å². The quantitative estimate of drug-likeness (QED) is 0.831. The Kier molecular flexibility index (Phi) is 6.61. The third-order valence-corrected chi connectivity index (χ3v) is 4.98. The maximum absolute atomic E-state index is 11.9. The Morgan fingerprint density at radius 2 is 1.72 bits per heavy atom. The highest BCUT2D eigenvalue weighted by molar-refractivity contribution is 7.89. The predicted molar refractivity (Wildman–Crippen MR) is 78.7 cm³/mol. The minimum absolute atomic E-state index is 0. The van der Waals surface area contributed by atoms with Gasteiger partial charge >= 0.3 is 0 Å². The van der Waals surface area contributed by atoms with Gasteiger partial charge in [0.2, 0.25) is 10.0 Å². The maximum Gasteiger partial charge on any atom is 0.212 e. The second-order valence-electron chi connectivity index (χ2n) is 6.70. The minimum Gasteiger partial charge on any atom is -0.317 e. The summed E-state index contributed by atoms with van der Waals surface area (Å²) in [5.41, 5.74) is -0.0862. The van der Waals surface area contributed by atoms with Gasteiger partial charge in [0.25, 0.3) is 0 Å². The molecule has 0 bridgehead atoms. The molecular weight excluding hydrogens is 272 g/mol. The van der Waals surface area contributed by atoms with Crippen LogP contribution in [-0.2, 0) is 10.0 Å². The van der Waals surface area contributed by atoms with Crippen molar-refractivity contribution in [1.82, 2.24) is 10.0 Å². The highest BCUT2D eigenvalue weighted by Gasteiger charge is 2.29. The van der Waals surface area contributed by atoms with E-state index in [-0.39, 0.29) is 29.0 Å². The Bertz CT molecular complexity index is 344. The molecule has 0 aromatic carbocycles. The Morgan fingerprint density at radius 3 is 2.17 bits per heavy atom. The Labute approximate surface area is 118 Å². The van der Waals surface area contributed by atoms with Crippen molar-refractivity contribution in [2.24, 2.45) is 10.8 Å². The normalized spacial score (nSPS) is 20.2. The van der Waals surface area contributed by atoms with Crippen LogP contribution < -0.4 is 10.0 Å². The van der Waals surface area contributed by atoms with E-state index < -0.39 is 10.0 Å². The average Bonchev–Trinajstić information content (AvgIpc) is 2.13. The molecule has 1 saturated heterocycles. The molecule has 4 nitrogen and oxygen atoms in total. The third-order valence-electron chi connectivity index (χ3n) is 3.15. The monoisotopic (exact) mass is 298 g/mol. The molecule has 0 aromatic rings. The number of hydrogen-bond donors (Lipinski definition) is 2. The Morgan fingerprint density at radius 1 is 1.22 bits per heavy atom. The lowest BCUT2D eigenvalue weighted by molar-refractivity contribution is 0.232. The van der Waals surface area contributed by atoms with Crippen molar-refractivity contribution < 1.29 is 8.42 Å². The lowest BCUT2D eigenvalue weighted by atomic mass is 9.81. The average molecular weight is 299 g/mol. The summed E-state index contributed by atoms with van der Waals surface area (Å²) in [4.78, 5) is 0. The van der Waals surface area contributed by atoms with Crippen LogP contribution in [-0.4, -0.2) is 33.8 Å². The minimum atomic E-state index is -3.15. The molecule has 6 heteroatoms. The van der Waals surface area contributed by atoms with Crippen LogP contribution in [0.4, 0.5) is 0 Å². The van der Waals surface area contributed by atoms with Crippen molar-refractivity contribution in [3.8, 4) is 0 Å². The molecule has 110 valence electrons. The van der Waals surface area contributed by atoms with E-state index in [0.29, 0.717) is 6.54 Å². The number of piperidine rings is 1. The summed E-state index contributed by atoms with van der Waals surface area (Å²) >= 11 is 0. The zero-order valence-electron chi connectivity index (χ0n) is 11.9. The topological polar surface area (TPSA) is 58.2 Å². The van der Waals surface area contributed by atoms with Gasteiger partial charge in [-0.05, 0) is 36.8 Å². The van der Waals surface area contributed by atoms with Crippen LogP contribution in [0.2, 0.25) is 0 Å². The molecular formula is C12H27ClN2O2S. The van der Waals surface area contributed by atoms with Crippen LogP contribution in [0.3, 0.4) is 0 Å². The van der Waals surface area contributed by atoms with Gasteiger partial charge in [0.15, 0.2) is 0 Å². The van der Waals surface area contributed by atoms with E-state index in [0.717, 1.165) is 25.9 Å². The van der Waals surface area contributed by atoms with E-state index in [9.17, 15) is 8.42 Å². The maximum atomic E-state index is 11.9. The second kappa shape index (κ2) is 6.55. The van der Waals surface area contributed by atoms with Crippen molar-refractivity contribution in [2.75, 3.05) is 25.4 Å². The molecule has 1 fully saturated rings. The van der Waals surface area contributed by atoms with E-state index >= 15 is 0 Å². The summed E-state index contributed by atoms with van der Waals surface area (Å²) in [7, 11) is -3.15. The van der Waals surface area contributed by atoms with Gasteiger partial charge in [-0.3, -0.25) is 0 Å². The van der Waals surface area contributed by atoms with Gasteiger partial charge in [-0.25, -0.2) is 13.1 Å². The van der Waals surface area contributed by atoms with E-state index in [1.165, 1.54) is 0 Å². The van der Waals surface area contributed by atoms with Crippen molar-refractivity contribution in [3.05, 3.63) is 0 Å². The first-order chi connectivity index (χ1) is 7.62. The van der Waals surface area contributed by atoms with Gasteiger partial charge in [0, 0.05) is 6.54 Å². The molecule has 0 amide bonds. The largest absolute Gasteiger partial charge is 0.317 e. The molecule has 1 rings (SSSR count). The molecule has 0 radical (unpaired) electrons. The molecule has 0 atom stereocenters. The molecule has 0 saturated carbocycles. The number of hydrogen-bond acceptors (Lipinski definition) is 3. The first-order valence-corrected chi connectivity index (χ1v) is 7.95. The van der Waals surface area contributed by atoms with Crippen LogP contribution in [0.5, 0.6) is 0 Å². The molecule has 0 aromatic heterocycles. The Balaban J connectivity index is 0.00000289. The second-order valence-corrected chi connectivity index (χ2v) is 8.51. The van der Waals surface area contributed by atoms with E-state index in [2.05, 4.69) is 17.0 Å². The SMILES string of the molecule is CC(C)(C)CS(=O)(=O)NCC1(C)CCNCC1.Cl. The van der Waals surface area contributed by atoms with Crippen molar-refractivity contribution >= 4 is 22.4 Å². The van der Waals surface area contributed by atoms with Gasteiger partial charge < -0.3 is 5.32 Å². The van der Waals surface area contributed by atoms with Crippen LogP contribution in [0.15, 0.2) is 0 Å². The smallest absolute Gasteiger partial charge is 0.212 e. The van der Waals surface area contributed by atoms with Crippen LogP contribution >= 0.6 is 12.4 Å². The lowest BCUT2D eigenvalue weighted by Crippen LogP contribution is -2.44. The van der Waals surface area contributed by atoms with Crippen LogP contribution in [0.25, 0.3) is 0 Å². The van der Waals surface area contributed by atoms with Crippen LogP contribution in [0, 0.1) is 10.8 Å². The zero-order chi connectivity index (χ0) is 13.2. The summed E-state index contributed by atoms with van der Waals surface area (Å²) in [5.74, 6) is 0.189. The van der Waals surface area contributed by atoms with Gasteiger partial charge in [0.05, 0.1) is 5.75 Å². The van der Waals surface area contributed by atoms with E-state index in [1.54, 1.807) is 0 Å². The lowest BCUT2D eigenvalue weighted by Gasteiger charge is -2.34. The highest BCUT2D eigenvalue weighted by atomic mass is 35.5. The van der Waals surface area contributed by atoms with Crippen LogP contribution in [0.1, 0.15) is 40.5 Å². The molecule has 0 spiro atoms. The fourth-order valence-electron chi connectivity index (χ4n) is 2.11. The van der Waals surface area contributed by atoms with Crippen molar-refractivity contribution in [2.45, 2.75) is 40.5 Å². The van der Waals surface area contributed by atoms with Gasteiger partial charge in [0.1, 0.15) is 0 Å². The number of sulfonamides is 1. The standard InChI is InChI=1S/C12H26N2O2S.ClH/c1-11(2,3)10-17(15,16)14-9-12(4)5-7-13-8-6-12;/h13-14H,5-10H2,1-4H3;1H. The fraction of sp³-hybridized carbons (Fsp3) is 1.00. The highest BCUT2D eigenvalue weighted by Crippen LogP contribution is 2.27. The fourth-order valence-corrected chi connectivity index (χ4v) is 3.92. The molecule has 18 heavy (non-hydrogen) atoms. The van der Waals surface area contributed by atoms with Crippen molar-refractivity contribution in [3.63, 3.8) is 0 Å². The van der Waals surface area contributed by atoms with Gasteiger partial charge in [-0.2, -0.15) is 0 Å². The zero-order valence-corrected chi connectivity index (χ0v) is 13.5. The summed E-state index contributed by atoms with van der Waals surface area (Å²) in [6, 6.07) is 0. The first kappa shape index (κ1) is 18.2. The molecule has 0 unspecified atom stereocenters. The molecule has 1 heterocycles. The predicted octanol–water partition coefficient (Wildman–Crippen LogP) is 1.76. The van der Waals surface area contributed by atoms with E-state index in [1.807, 2.05) is 20.8 Å². The van der Waals surface area contributed by atoms with Gasteiger partial charge in [-0.1, -0.05) is 27.7 Å².